The van der Waals surface area contributed by atoms with Gasteiger partial charge in [0.05, 0.1) is 5.56 Å². The number of rotatable bonds is 1. The number of amides is 1. The SMILES string of the molecule is CC1(C)CN(C(=O)c2cc(F)ccc2I)CCC1N.Cl. The van der Waals surface area contributed by atoms with Gasteiger partial charge in [-0.25, -0.2) is 4.39 Å². The number of likely N-dealkylation sites (tertiary alicyclic amines) is 1. The van der Waals surface area contributed by atoms with Crippen molar-refractivity contribution < 1.29 is 9.18 Å². The summed E-state index contributed by atoms with van der Waals surface area (Å²) in [5, 5.41) is 0. The molecule has 0 aromatic heterocycles. The molecule has 2 N–H and O–H groups in total. The molecule has 1 heterocycles. The van der Waals surface area contributed by atoms with Crippen LogP contribution in [-0.2, 0) is 0 Å². The van der Waals surface area contributed by atoms with E-state index in [4.69, 9.17) is 5.73 Å². The maximum absolute atomic E-state index is 13.3. The lowest BCUT2D eigenvalue weighted by molar-refractivity contribution is 0.0531. The van der Waals surface area contributed by atoms with Gasteiger partial charge in [-0.05, 0) is 52.6 Å². The maximum atomic E-state index is 13.3. The fourth-order valence-corrected chi connectivity index (χ4v) is 2.95. The van der Waals surface area contributed by atoms with E-state index in [0.717, 1.165) is 9.99 Å². The molecule has 1 saturated heterocycles. The van der Waals surface area contributed by atoms with Crippen molar-refractivity contribution in [3.8, 4) is 0 Å². The third kappa shape index (κ3) is 3.62. The Labute approximate surface area is 138 Å². The molecule has 3 nitrogen and oxygen atoms in total. The summed E-state index contributed by atoms with van der Waals surface area (Å²) in [6, 6.07) is 4.41. The number of benzene rings is 1. The van der Waals surface area contributed by atoms with Crippen LogP contribution in [0.1, 0.15) is 30.6 Å². The quantitative estimate of drug-likeness (QED) is 0.721. The van der Waals surface area contributed by atoms with Crippen LogP contribution >= 0.6 is 35.0 Å². The average Bonchev–Trinajstić information content (AvgIpc) is 2.35. The van der Waals surface area contributed by atoms with Crippen molar-refractivity contribution in [2.75, 3.05) is 13.1 Å². The van der Waals surface area contributed by atoms with Crippen molar-refractivity contribution in [1.82, 2.24) is 4.90 Å². The number of hydrogen-bond acceptors (Lipinski definition) is 2. The molecule has 1 atom stereocenters. The van der Waals surface area contributed by atoms with Gasteiger partial charge in [-0.3, -0.25) is 4.79 Å². The molecule has 1 aliphatic rings. The highest BCUT2D eigenvalue weighted by Crippen LogP contribution is 2.29. The number of hydrogen-bond donors (Lipinski definition) is 1. The first kappa shape index (κ1) is 17.7. The fraction of sp³-hybridized carbons (Fsp3) is 0.500. The molecule has 1 aromatic rings. The van der Waals surface area contributed by atoms with E-state index in [0.29, 0.717) is 18.7 Å². The van der Waals surface area contributed by atoms with E-state index in [-0.39, 0.29) is 35.6 Å². The van der Waals surface area contributed by atoms with E-state index >= 15 is 0 Å². The standard InChI is InChI=1S/C14H18FIN2O.ClH/c1-14(2)8-18(6-5-12(14)17)13(19)10-7-9(15)3-4-11(10)16;/h3-4,7,12H,5-6,8,17H2,1-2H3;1H. The summed E-state index contributed by atoms with van der Waals surface area (Å²) < 4.78 is 14.1. The van der Waals surface area contributed by atoms with Crippen LogP contribution in [0.2, 0.25) is 0 Å². The zero-order chi connectivity index (χ0) is 14.2. The summed E-state index contributed by atoms with van der Waals surface area (Å²) in [5.41, 5.74) is 6.40. The van der Waals surface area contributed by atoms with Crippen molar-refractivity contribution in [2.45, 2.75) is 26.3 Å². The molecule has 0 saturated carbocycles. The molecule has 6 heteroatoms. The van der Waals surface area contributed by atoms with Gasteiger partial charge in [0.15, 0.2) is 0 Å². The number of piperidine rings is 1. The molecular formula is C14H19ClFIN2O. The van der Waals surface area contributed by atoms with Gasteiger partial charge in [0, 0.05) is 22.7 Å². The van der Waals surface area contributed by atoms with E-state index in [2.05, 4.69) is 36.4 Å². The predicted molar refractivity (Wildman–Crippen MR) is 88.6 cm³/mol. The number of nitrogens with two attached hydrogens (primary N) is 1. The van der Waals surface area contributed by atoms with Gasteiger partial charge in [0.1, 0.15) is 5.82 Å². The number of carbonyl (C=O) groups is 1. The Morgan fingerprint density at radius 2 is 2.15 bits per heavy atom. The third-order valence-electron chi connectivity index (χ3n) is 3.76. The Bertz CT molecular complexity index is 510. The van der Waals surface area contributed by atoms with Crippen LogP contribution in [0.4, 0.5) is 4.39 Å². The molecule has 0 spiro atoms. The van der Waals surface area contributed by atoms with Gasteiger partial charge >= 0.3 is 0 Å². The summed E-state index contributed by atoms with van der Waals surface area (Å²) in [6.07, 6.45) is 0.782. The topological polar surface area (TPSA) is 46.3 Å². The van der Waals surface area contributed by atoms with Crippen molar-refractivity contribution >= 4 is 40.9 Å². The lowest BCUT2D eigenvalue weighted by atomic mass is 9.79. The van der Waals surface area contributed by atoms with Crippen molar-refractivity contribution in [2.24, 2.45) is 11.1 Å². The van der Waals surface area contributed by atoms with E-state index in [1.165, 1.54) is 12.1 Å². The van der Waals surface area contributed by atoms with Crippen LogP contribution in [0.3, 0.4) is 0 Å². The Morgan fingerprint density at radius 3 is 2.75 bits per heavy atom. The zero-order valence-electron chi connectivity index (χ0n) is 11.5. The minimum atomic E-state index is -0.378. The Morgan fingerprint density at radius 1 is 1.50 bits per heavy atom. The van der Waals surface area contributed by atoms with Crippen molar-refractivity contribution in [1.29, 1.82) is 0 Å². The molecule has 2 rings (SSSR count). The molecule has 1 aromatic carbocycles. The minimum Gasteiger partial charge on any atom is -0.338 e. The zero-order valence-corrected chi connectivity index (χ0v) is 14.5. The second-order valence-electron chi connectivity index (χ2n) is 5.73. The highest BCUT2D eigenvalue weighted by Gasteiger charge is 2.35. The second kappa shape index (κ2) is 6.58. The van der Waals surface area contributed by atoms with Gasteiger partial charge in [0.2, 0.25) is 0 Å². The molecule has 1 aliphatic heterocycles. The van der Waals surface area contributed by atoms with Crippen LogP contribution in [0.15, 0.2) is 18.2 Å². The predicted octanol–water partition coefficient (Wildman–Crippen LogP) is 3.05. The molecule has 112 valence electrons. The largest absolute Gasteiger partial charge is 0.338 e. The summed E-state index contributed by atoms with van der Waals surface area (Å²) >= 11 is 2.06. The van der Waals surface area contributed by atoms with Crippen LogP contribution < -0.4 is 5.73 Å². The van der Waals surface area contributed by atoms with Crippen LogP contribution in [0.5, 0.6) is 0 Å². The monoisotopic (exact) mass is 412 g/mol. The molecule has 1 unspecified atom stereocenters. The van der Waals surface area contributed by atoms with Gasteiger partial charge in [-0.1, -0.05) is 13.8 Å². The van der Waals surface area contributed by atoms with Crippen molar-refractivity contribution in [3.05, 3.63) is 33.1 Å². The van der Waals surface area contributed by atoms with E-state index in [1.807, 2.05) is 0 Å². The summed E-state index contributed by atoms with van der Waals surface area (Å²) in [6.45, 7) is 5.37. The summed E-state index contributed by atoms with van der Waals surface area (Å²) in [7, 11) is 0. The first-order valence-electron chi connectivity index (χ1n) is 6.31. The lowest BCUT2D eigenvalue weighted by Crippen LogP contribution is -2.54. The summed E-state index contributed by atoms with van der Waals surface area (Å²) in [5.74, 6) is -0.486. The smallest absolute Gasteiger partial charge is 0.255 e. The van der Waals surface area contributed by atoms with Crippen LogP contribution in [-0.4, -0.2) is 29.9 Å². The van der Waals surface area contributed by atoms with Gasteiger partial charge in [-0.2, -0.15) is 0 Å². The number of nitrogens with zero attached hydrogens (tertiary/aromatic N) is 1. The maximum Gasteiger partial charge on any atom is 0.255 e. The van der Waals surface area contributed by atoms with Crippen LogP contribution in [0, 0.1) is 14.8 Å². The van der Waals surface area contributed by atoms with Crippen molar-refractivity contribution in [3.63, 3.8) is 0 Å². The molecule has 0 bridgehead atoms. The molecular weight excluding hydrogens is 394 g/mol. The minimum absolute atomic E-state index is 0. The lowest BCUT2D eigenvalue weighted by Gasteiger charge is -2.42. The number of halogens is 3. The van der Waals surface area contributed by atoms with E-state index < -0.39 is 0 Å². The summed E-state index contributed by atoms with van der Waals surface area (Å²) in [4.78, 5) is 14.3. The second-order valence-corrected chi connectivity index (χ2v) is 6.90. The van der Waals surface area contributed by atoms with Crippen LogP contribution in [0.25, 0.3) is 0 Å². The van der Waals surface area contributed by atoms with Gasteiger partial charge in [-0.15, -0.1) is 12.4 Å². The average molecular weight is 413 g/mol. The first-order chi connectivity index (χ1) is 8.81. The van der Waals surface area contributed by atoms with E-state index in [9.17, 15) is 9.18 Å². The molecule has 0 aliphatic carbocycles. The molecule has 1 amide bonds. The van der Waals surface area contributed by atoms with Gasteiger partial charge < -0.3 is 10.6 Å². The Hall–Kier alpha value is -0.400. The highest BCUT2D eigenvalue weighted by atomic mass is 127. The normalized spacial score (nSPS) is 21.2. The van der Waals surface area contributed by atoms with E-state index in [1.54, 1.807) is 11.0 Å². The number of carbonyl (C=O) groups excluding carboxylic acids is 1. The third-order valence-corrected chi connectivity index (χ3v) is 4.70. The molecule has 0 radical (unpaired) electrons. The molecule has 20 heavy (non-hydrogen) atoms. The molecule has 1 fully saturated rings. The Kier molecular flexibility index (Phi) is 5.80. The first-order valence-corrected chi connectivity index (χ1v) is 7.39. The highest BCUT2D eigenvalue weighted by molar-refractivity contribution is 14.1. The Balaban J connectivity index is 0.00000200. The van der Waals surface area contributed by atoms with Gasteiger partial charge in [0.25, 0.3) is 5.91 Å². The fourth-order valence-electron chi connectivity index (χ4n) is 2.38.